The molecule has 0 spiro atoms. The van der Waals surface area contributed by atoms with Gasteiger partial charge in [0.1, 0.15) is 11.9 Å². The number of pyridine rings is 1. The molecular weight excluding hydrogens is 358 g/mol. The standard InChI is InChI=1S/C21H21N3O4/c1-11-5-6-15-14(8-11)19(25)17-18(13-4-3-7-22-10-13)24(21(26)20(17)27-15)16-9-12(2)28-23-16/h3-4,7,9-11,14-15,18H,5-6,8H2,1-2H3. The third-order valence-corrected chi connectivity index (χ3v) is 5.97. The topological polar surface area (TPSA) is 85.5 Å². The quantitative estimate of drug-likeness (QED) is 0.797. The summed E-state index contributed by atoms with van der Waals surface area (Å²) in [5.74, 6) is 1.07. The molecule has 28 heavy (non-hydrogen) atoms. The van der Waals surface area contributed by atoms with Crippen molar-refractivity contribution in [2.75, 3.05) is 4.90 Å². The molecule has 0 bridgehead atoms. The molecule has 7 heteroatoms. The van der Waals surface area contributed by atoms with Crippen LogP contribution < -0.4 is 4.90 Å². The van der Waals surface area contributed by atoms with Gasteiger partial charge in [0, 0.05) is 18.5 Å². The molecule has 144 valence electrons. The first kappa shape index (κ1) is 17.2. The zero-order chi connectivity index (χ0) is 19.4. The van der Waals surface area contributed by atoms with Gasteiger partial charge in [-0.15, -0.1) is 0 Å². The number of aryl methyl sites for hydroxylation is 1. The van der Waals surface area contributed by atoms with Crippen LogP contribution in [0, 0.1) is 18.8 Å². The van der Waals surface area contributed by atoms with E-state index < -0.39 is 6.04 Å². The Labute approximate surface area is 162 Å². The molecule has 4 atom stereocenters. The molecule has 1 fully saturated rings. The van der Waals surface area contributed by atoms with E-state index in [1.54, 1.807) is 31.5 Å². The van der Waals surface area contributed by atoms with Crippen molar-refractivity contribution in [1.29, 1.82) is 0 Å². The first-order valence-corrected chi connectivity index (χ1v) is 9.66. The highest BCUT2D eigenvalue weighted by atomic mass is 16.5. The van der Waals surface area contributed by atoms with Gasteiger partial charge in [-0.2, -0.15) is 0 Å². The third-order valence-electron chi connectivity index (χ3n) is 5.97. The second-order valence-electron chi connectivity index (χ2n) is 7.95. The number of nitrogens with zero attached hydrogens (tertiary/aromatic N) is 3. The molecule has 4 unspecified atom stereocenters. The van der Waals surface area contributed by atoms with Gasteiger partial charge in [-0.25, -0.2) is 0 Å². The molecule has 1 saturated carbocycles. The summed E-state index contributed by atoms with van der Waals surface area (Å²) in [6.45, 7) is 3.93. The summed E-state index contributed by atoms with van der Waals surface area (Å²) >= 11 is 0. The van der Waals surface area contributed by atoms with E-state index in [4.69, 9.17) is 9.26 Å². The molecule has 2 aliphatic heterocycles. The van der Waals surface area contributed by atoms with E-state index >= 15 is 0 Å². The molecule has 2 aromatic heterocycles. The highest BCUT2D eigenvalue weighted by Gasteiger charge is 2.53. The molecule has 0 radical (unpaired) electrons. The maximum atomic E-state index is 13.5. The normalized spacial score (nSPS) is 29.6. The third kappa shape index (κ3) is 2.49. The smallest absolute Gasteiger partial charge is 0.295 e. The van der Waals surface area contributed by atoms with E-state index in [-0.39, 0.29) is 29.5 Å². The summed E-state index contributed by atoms with van der Waals surface area (Å²) < 4.78 is 11.3. The van der Waals surface area contributed by atoms with E-state index in [1.807, 2.05) is 6.07 Å². The Morgan fingerprint density at radius 2 is 2.11 bits per heavy atom. The summed E-state index contributed by atoms with van der Waals surface area (Å²) in [6.07, 6.45) is 5.71. The number of rotatable bonds is 2. The fourth-order valence-corrected chi connectivity index (χ4v) is 4.63. The van der Waals surface area contributed by atoms with E-state index in [2.05, 4.69) is 17.1 Å². The lowest BCUT2D eigenvalue weighted by atomic mass is 9.74. The molecule has 0 saturated heterocycles. The van der Waals surface area contributed by atoms with Crippen molar-refractivity contribution in [3.63, 3.8) is 0 Å². The minimum absolute atomic E-state index is 0.0164. The van der Waals surface area contributed by atoms with Crippen LogP contribution in [-0.4, -0.2) is 27.9 Å². The predicted octanol–water partition coefficient (Wildman–Crippen LogP) is 3.12. The second-order valence-corrected chi connectivity index (χ2v) is 7.95. The molecule has 2 aromatic rings. The van der Waals surface area contributed by atoms with Crippen LogP contribution in [0.1, 0.15) is 43.6 Å². The fraction of sp³-hybridized carbons (Fsp3) is 0.429. The number of amides is 1. The summed E-state index contributed by atoms with van der Waals surface area (Å²) in [5, 5.41) is 4.03. The Morgan fingerprint density at radius 3 is 2.82 bits per heavy atom. The molecule has 7 nitrogen and oxygen atoms in total. The summed E-state index contributed by atoms with van der Waals surface area (Å²) in [5.41, 5.74) is 1.18. The van der Waals surface area contributed by atoms with Crippen LogP contribution in [0.4, 0.5) is 5.82 Å². The molecule has 1 amide bonds. The molecule has 0 N–H and O–H groups in total. The zero-order valence-corrected chi connectivity index (χ0v) is 15.8. The number of fused-ring (bicyclic) bond motifs is 1. The van der Waals surface area contributed by atoms with Crippen LogP contribution >= 0.6 is 0 Å². The van der Waals surface area contributed by atoms with Crippen molar-refractivity contribution < 1.29 is 18.8 Å². The van der Waals surface area contributed by atoms with Crippen LogP contribution in [0.2, 0.25) is 0 Å². The lowest BCUT2D eigenvalue weighted by molar-refractivity contribution is -0.132. The van der Waals surface area contributed by atoms with Gasteiger partial charge in [-0.05, 0) is 43.7 Å². The highest BCUT2D eigenvalue weighted by molar-refractivity contribution is 6.17. The number of hydrogen-bond acceptors (Lipinski definition) is 6. The summed E-state index contributed by atoms with van der Waals surface area (Å²) in [7, 11) is 0. The average Bonchev–Trinajstić information content (AvgIpc) is 3.24. The van der Waals surface area contributed by atoms with E-state index in [0.717, 1.165) is 24.8 Å². The second kappa shape index (κ2) is 6.29. The van der Waals surface area contributed by atoms with Crippen LogP contribution in [0.15, 0.2) is 46.4 Å². The maximum absolute atomic E-state index is 13.5. The lowest BCUT2D eigenvalue weighted by Gasteiger charge is -2.37. The Morgan fingerprint density at radius 1 is 1.25 bits per heavy atom. The Kier molecular flexibility index (Phi) is 3.86. The largest absolute Gasteiger partial charge is 0.483 e. The molecule has 4 heterocycles. The molecular formula is C21H21N3O4. The molecule has 5 rings (SSSR count). The monoisotopic (exact) mass is 379 g/mol. The van der Waals surface area contributed by atoms with E-state index in [1.165, 1.54) is 4.90 Å². The maximum Gasteiger partial charge on any atom is 0.295 e. The minimum atomic E-state index is -0.605. The number of anilines is 1. The van der Waals surface area contributed by atoms with Crippen LogP contribution in [0.3, 0.4) is 0 Å². The molecule has 0 aromatic carbocycles. The SMILES string of the molecule is Cc1cc(N2C(=O)C3=C(C(=O)C4CC(C)CCC4O3)C2c2cccnc2)no1. The van der Waals surface area contributed by atoms with Gasteiger partial charge >= 0.3 is 0 Å². The number of ketones is 1. The van der Waals surface area contributed by atoms with Gasteiger partial charge in [0.25, 0.3) is 5.91 Å². The van der Waals surface area contributed by atoms with Gasteiger partial charge in [0.15, 0.2) is 17.4 Å². The van der Waals surface area contributed by atoms with Crippen LogP contribution in [0.25, 0.3) is 0 Å². The van der Waals surface area contributed by atoms with Gasteiger partial charge in [0.05, 0.1) is 17.5 Å². The zero-order valence-electron chi connectivity index (χ0n) is 15.8. The van der Waals surface area contributed by atoms with Crippen molar-refractivity contribution in [3.05, 3.63) is 53.2 Å². The molecule has 1 aliphatic carbocycles. The lowest BCUT2D eigenvalue weighted by Crippen LogP contribution is -2.41. The van der Waals surface area contributed by atoms with Crippen LogP contribution in [-0.2, 0) is 14.3 Å². The number of Topliss-reactive ketones (excluding diaryl/α,β-unsaturated/α-hetero) is 1. The van der Waals surface area contributed by atoms with Gasteiger partial charge in [-0.1, -0.05) is 18.1 Å². The Hall–Kier alpha value is -2.96. The number of aromatic nitrogens is 2. The number of carbonyl (C=O) groups is 2. The number of ether oxygens (including phenoxy) is 1. The van der Waals surface area contributed by atoms with E-state index in [0.29, 0.717) is 23.1 Å². The van der Waals surface area contributed by atoms with Crippen molar-refractivity contribution in [3.8, 4) is 0 Å². The van der Waals surface area contributed by atoms with Crippen molar-refractivity contribution in [2.24, 2.45) is 11.8 Å². The molecule has 3 aliphatic rings. The summed E-state index contributed by atoms with van der Waals surface area (Å²) in [6, 6.07) is 4.75. The van der Waals surface area contributed by atoms with Crippen LogP contribution in [0.5, 0.6) is 0 Å². The van der Waals surface area contributed by atoms with E-state index in [9.17, 15) is 9.59 Å². The predicted molar refractivity (Wildman–Crippen MR) is 99.1 cm³/mol. The van der Waals surface area contributed by atoms with Crippen molar-refractivity contribution in [1.82, 2.24) is 10.1 Å². The first-order chi connectivity index (χ1) is 13.5. The highest BCUT2D eigenvalue weighted by Crippen LogP contribution is 2.48. The van der Waals surface area contributed by atoms with Gasteiger partial charge in [0.2, 0.25) is 0 Å². The fourth-order valence-electron chi connectivity index (χ4n) is 4.63. The number of hydrogen-bond donors (Lipinski definition) is 0. The Bertz CT molecular complexity index is 981. The number of carbonyl (C=O) groups excluding carboxylic acids is 2. The summed E-state index contributed by atoms with van der Waals surface area (Å²) in [4.78, 5) is 32.5. The van der Waals surface area contributed by atoms with Crippen molar-refractivity contribution in [2.45, 2.75) is 45.3 Å². The average molecular weight is 379 g/mol. The first-order valence-electron chi connectivity index (χ1n) is 9.66. The van der Waals surface area contributed by atoms with Gasteiger partial charge < -0.3 is 9.26 Å². The Balaban J connectivity index is 1.64. The van der Waals surface area contributed by atoms with Gasteiger partial charge in [-0.3, -0.25) is 19.5 Å². The minimum Gasteiger partial charge on any atom is -0.483 e. The van der Waals surface area contributed by atoms with Crippen molar-refractivity contribution >= 4 is 17.5 Å².